The SMILES string of the molecule is Cl.Cl.c1ccc(CC2=NCCN2)cc1. The normalized spacial score (nSPS) is 13.3. The zero-order valence-electron chi connectivity index (χ0n) is 7.77. The van der Waals surface area contributed by atoms with E-state index in [9.17, 15) is 0 Å². The Morgan fingerprint density at radius 1 is 1.14 bits per heavy atom. The predicted octanol–water partition coefficient (Wildman–Crippen LogP) is 2.07. The summed E-state index contributed by atoms with van der Waals surface area (Å²) in [5.74, 6) is 1.13. The first kappa shape index (κ1) is 13.3. The summed E-state index contributed by atoms with van der Waals surface area (Å²) in [6, 6.07) is 10.4. The van der Waals surface area contributed by atoms with Gasteiger partial charge in [0.15, 0.2) is 0 Å². The maximum atomic E-state index is 4.34. The van der Waals surface area contributed by atoms with E-state index in [4.69, 9.17) is 0 Å². The van der Waals surface area contributed by atoms with Gasteiger partial charge in [0, 0.05) is 13.0 Å². The van der Waals surface area contributed by atoms with Crippen LogP contribution in [0.25, 0.3) is 0 Å². The van der Waals surface area contributed by atoms with Crippen molar-refractivity contribution in [1.82, 2.24) is 5.32 Å². The van der Waals surface area contributed by atoms with Crippen molar-refractivity contribution < 1.29 is 0 Å². The van der Waals surface area contributed by atoms with Crippen LogP contribution in [0, 0.1) is 0 Å². The lowest BCUT2D eigenvalue weighted by molar-refractivity contribution is 0.953. The summed E-state index contributed by atoms with van der Waals surface area (Å²) in [5, 5.41) is 3.26. The average Bonchev–Trinajstić information content (AvgIpc) is 2.59. The van der Waals surface area contributed by atoms with Crippen LogP contribution in [0.15, 0.2) is 35.3 Å². The summed E-state index contributed by atoms with van der Waals surface area (Å²) < 4.78 is 0. The summed E-state index contributed by atoms with van der Waals surface area (Å²) in [4.78, 5) is 4.34. The molecule has 1 aliphatic rings. The number of nitrogens with zero attached hydrogens (tertiary/aromatic N) is 1. The molecule has 0 saturated carbocycles. The summed E-state index contributed by atoms with van der Waals surface area (Å²) in [5.41, 5.74) is 1.32. The third kappa shape index (κ3) is 3.56. The molecule has 0 spiro atoms. The third-order valence-corrected chi connectivity index (χ3v) is 1.96. The molecule has 78 valence electrons. The van der Waals surface area contributed by atoms with E-state index in [0.29, 0.717) is 0 Å². The molecule has 0 aromatic heterocycles. The molecule has 0 bridgehead atoms. The van der Waals surface area contributed by atoms with Gasteiger partial charge in [0.1, 0.15) is 5.84 Å². The fraction of sp³-hybridized carbons (Fsp3) is 0.300. The Balaban J connectivity index is 0.000000845. The largest absolute Gasteiger partial charge is 0.372 e. The lowest BCUT2D eigenvalue weighted by Crippen LogP contribution is -2.20. The minimum Gasteiger partial charge on any atom is -0.372 e. The van der Waals surface area contributed by atoms with Crippen LogP contribution in [0.5, 0.6) is 0 Å². The molecular formula is C10H14Cl2N2. The van der Waals surface area contributed by atoms with Gasteiger partial charge in [-0.05, 0) is 5.56 Å². The first-order chi connectivity index (χ1) is 5.95. The van der Waals surface area contributed by atoms with Crippen LogP contribution < -0.4 is 5.32 Å². The highest BCUT2D eigenvalue weighted by Crippen LogP contribution is 2.01. The van der Waals surface area contributed by atoms with Crippen molar-refractivity contribution in [3.8, 4) is 0 Å². The topological polar surface area (TPSA) is 24.4 Å². The van der Waals surface area contributed by atoms with E-state index in [1.54, 1.807) is 0 Å². The van der Waals surface area contributed by atoms with Crippen LogP contribution in [-0.4, -0.2) is 18.9 Å². The number of hydrogen-bond acceptors (Lipinski definition) is 2. The maximum absolute atomic E-state index is 4.34. The van der Waals surface area contributed by atoms with Crippen LogP contribution in [-0.2, 0) is 6.42 Å². The third-order valence-electron chi connectivity index (χ3n) is 1.96. The molecule has 1 aliphatic heterocycles. The second-order valence-electron chi connectivity index (χ2n) is 2.92. The molecule has 1 aromatic rings. The minimum atomic E-state index is 0. The zero-order valence-corrected chi connectivity index (χ0v) is 9.40. The second kappa shape index (κ2) is 6.68. The Morgan fingerprint density at radius 2 is 1.86 bits per heavy atom. The van der Waals surface area contributed by atoms with Crippen molar-refractivity contribution in [3.05, 3.63) is 35.9 Å². The van der Waals surface area contributed by atoms with Crippen LogP contribution in [0.3, 0.4) is 0 Å². The molecular weight excluding hydrogens is 219 g/mol. The minimum absolute atomic E-state index is 0. The van der Waals surface area contributed by atoms with Crippen LogP contribution in [0.4, 0.5) is 0 Å². The summed E-state index contributed by atoms with van der Waals surface area (Å²) in [6.07, 6.45) is 0.945. The summed E-state index contributed by atoms with van der Waals surface area (Å²) >= 11 is 0. The van der Waals surface area contributed by atoms with Gasteiger partial charge in [0.05, 0.1) is 6.54 Å². The van der Waals surface area contributed by atoms with Gasteiger partial charge in [-0.3, -0.25) is 4.99 Å². The number of aliphatic imine (C=N–C) groups is 1. The Bertz CT molecular complexity index is 285. The van der Waals surface area contributed by atoms with Gasteiger partial charge in [-0.1, -0.05) is 30.3 Å². The highest BCUT2D eigenvalue weighted by atomic mass is 35.5. The molecule has 0 radical (unpaired) electrons. The van der Waals surface area contributed by atoms with Crippen molar-refractivity contribution in [2.24, 2.45) is 4.99 Å². The number of amidine groups is 1. The number of hydrogen-bond donors (Lipinski definition) is 1. The zero-order chi connectivity index (χ0) is 8.23. The molecule has 2 rings (SSSR count). The van der Waals surface area contributed by atoms with Gasteiger partial charge in [-0.15, -0.1) is 24.8 Å². The summed E-state index contributed by atoms with van der Waals surface area (Å²) in [6.45, 7) is 1.93. The number of benzene rings is 1. The molecule has 14 heavy (non-hydrogen) atoms. The Labute approximate surface area is 96.6 Å². The highest BCUT2D eigenvalue weighted by Gasteiger charge is 2.04. The Kier molecular flexibility index (Phi) is 6.34. The van der Waals surface area contributed by atoms with Gasteiger partial charge in [-0.25, -0.2) is 0 Å². The van der Waals surface area contributed by atoms with Gasteiger partial charge in [0.25, 0.3) is 0 Å². The first-order valence-electron chi connectivity index (χ1n) is 4.26. The lowest BCUT2D eigenvalue weighted by Gasteiger charge is -2.00. The predicted molar refractivity (Wildman–Crippen MR) is 64.9 cm³/mol. The van der Waals surface area contributed by atoms with Gasteiger partial charge >= 0.3 is 0 Å². The molecule has 2 nitrogen and oxygen atoms in total. The average molecular weight is 233 g/mol. The standard InChI is InChI=1S/C10H12N2.2ClH/c1-2-4-9(5-3-1)8-10-11-6-7-12-10;;/h1-5H,6-8H2,(H,11,12);2*1H. The van der Waals surface area contributed by atoms with E-state index >= 15 is 0 Å². The molecule has 0 amide bonds. The molecule has 0 atom stereocenters. The maximum Gasteiger partial charge on any atom is 0.101 e. The second-order valence-corrected chi connectivity index (χ2v) is 2.92. The lowest BCUT2D eigenvalue weighted by atomic mass is 10.1. The van der Waals surface area contributed by atoms with Gasteiger partial charge in [0.2, 0.25) is 0 Å². The van der Waals surface area contributed by atoms with E-state index in [1.807, 2.05) is 6.07 Å². The number of halogens is 2. The van der Waals surface area contributed by atoms with Crippen molar-refractivity contribution in [2.75, 3.05) is 13.1 Å². The first-order valence-corrected chi connectivity index (χ1v) is 4.26. The van der Waals surface area contributed by atoms with Gasteiger partial charge in [-0.2, -0.15) is 0 Å². The quantitative estimate of drug-likeness (QED) is 0.830. The molecule has 1 N–H and O–H groups in total. The van der Waals surface area contributed by atoms with Crippen molar-refractivity contribution in [3.63, 3.8) is 0 Å². The molecule has 0 aliphatic carbocycles. The van der Waals surface area contributed by atoms with E-state index in [0.717, 1.165) is 25.3 Å². The van der Waals surface area contributed by atoms with Crippen molar-refractivity contribution in [2.45, 2.75) is 6.42 Å². The molecule has 0 fully saturated rings. The molecule has 0 unspecified atom stereocenters. The van der Waals surface area contributed by atoms with E-state index in [2.05, 4.69) is 34.6 Å². The van der Waals surface area contributed by atoms with Crippen LogP contribution in [0.2, 0.25) is 0 Å². The van der Waals surface area contributed by atoms with Crippen molar-refractivity contribution in [1.29, 1.82) is 0 Å². The Hall–Kier alpha value is -0.730. The smallest absolute Gasteiger partial charge is 0.101 e. The number of nitrogens with one attached hydrogen (secondary N) is 1. The molecule has 1 heterocycles. The monoisotopic (exact) mass is 232 g/mol. The molecule has 0 saturated heterocycles. The fourth-order valence-corrected chi connectivity index (χ4v) is 1.35. The van der Waals surface area contributed by atoms with Gasteiger partial charge < -0.3 is 5.32 Å². The van der Waals surface area contributed by atoms with E-state index < -0.39 is 0 Å². The molecule has 4 heteroatoms. The number of rotatable bonds is 2. The van der Waals surface area contributed by atoms with Crippen LogP contribution >= 0.6 is 24.8 Å². The highest BCUT2D eigenvalue weighted by molar-refractivity contribution is 5.86. The Morgan fingerprint density at radius 3 is 2.43 bits per heavy atom. The van der Waals surface area contributed by atoms with Crippen LogP contribution in [0.1, 0.15) is 5.56 Å². The summed E-state index contributed by atoms with van der Waals surface area (Å²) in [7, 11) is 0. The fourth-order valence-electron chi connectivity index (χ4n) is 1.35. The van der Waals surface area contributed by atoms with E-state index in [-0.39, 0.29) is 24.8 Å². The van der Waals surface area contributed by atoms with Crippen molar-refractivity contribution >= 4 is 30.6 Å². The molecule has 1 aromatic carbocycles. The van der Waals surface area contributed by atoms with E-state index in [1.165, 1.54) is 5.56 Å².